The molecule has 0 aliphatic carbocycles. The molecule has 1 aliphatic heterocycles. The van der Waals surface area contributed by atoms with Crippen molar-refractivity contribution in [2.24, 2.45) is 4.99 Å². The van der Waals surface area contributed by atoms with Gasteiger partial charge in [0.2, 0.25) is 0 Å². The average Bonchev–Trinajstić information content (AvgIpc) is 3.24. The van der Waals surface area contributed by atoms with Gasteiger partial charge in [0, 0.05) is 46.2 Å². The predicted octanol–water partition coefficient (Wildman–Crippen LogP) is 2.35. The molecule has 158 valence electrons. The Kier molecular flexibility index (Phi) is 11.6. The molecule has 0 spiro atoms. The molecule has 1 saturated heterocycles. The van der Waals surface area contributed by atoms with E-state index in [1.165, 1.54) is 13.4 Å². The molecule has 2 heterocycles. The molecule has 1 fully saturated rings. The maximum Gasteiger partial charge on any atom is 0.305 e. The van der Waals surface area contributed by atoms with Crippen molar-refractivity contribution in [1.29, 1.82) is 0 Å². The lowest BCUT2D eigenvalue weighted by molar-refractivity contribution is -0.140. The fourth-order valence-electron chi connectivity index (χ4n) is 3.06. The van der Waals surface area contributed by atoms with E-state index >= 15 is 0 Å². The fraction of sp³-hybridized carbons (Fsp3) is 0.632. The van der Waals surface area contributed by atoms with E-state index in [9.17, 15) is 9.59 Å². The molecule has 0 aromatic carbocycles. The van der Waals surface area contributed by atoms with Gasteiger partial charge < -0.3 is 24.3 Å². The summed E-state index contributed by atoms with van der Waals surface area (Å²) in [6, 6.07) is 3.42. The Bertz CT molecular complexity index is 613. The smallest absolute Gasteiger partial charge is 0.305 e. The van der Waals surface area contributed by atoms with E-state index in [1.54, 1.807) is 19.2 Å². The Morgan fingerprint density at radius 1 is 1.14 bits per heavy atom. The lowest BCUT2D eigenvalue weighted by Crippen LogP contribution is -2.53. The first-order chi connectivity index (χ1) is 13.2. The Balaban J connectivity index is 0.00000392. The molecule has 9 heteroatoms. The van der Waals surface area contributed by atoms with Crippen molar-refractivity contribution in [3.8, 4) is 0 Å². The zero-order valence-corrected chi connectivity index (χ0v) is 19.0. The second-order valence-electron chi connectivity index (χ2n) is 6.47. The number of carbonyl (C=O) groups is 2. The monoisotopic (exact) mass is 506 g/mol. The molecule has 0 radical (unpaired) electrons. The van der Waals surface area contributed by atoms with E-state index < -0.39 is 0 Å². The number of aliphatic imine (C=N–C) groups is 1. The van der Waals surface area contributed by atoms with Gasteiger partial charge in [-0.25, -0.2) is 0 Å². The molecular formula is C19H31IN4O4. The summed E-state index contributed by atoms with van der Waals surface area (Å²) in [5, 5.41) is 3.38. The molecule has 0 atom stereocenters. The third-order valence-corrected chi connectivity index (χ3v) is 4.63. The molecular weight excluding hydrogens is 475 g/mol. The van der Waals surface area contributed by atoms with Crippen molar-refractivity contribution in [2.75, 3.05) is 46.9 Å². The van der Waals surface area contributed by atoms with Crippen LogP contribution in [0.15, 0.2) is 27.8 Å². The van der Waals surface area contributed by atoms with Crippen LogP contribution in [-0.2, 0) is 9.53 Å². The number of amides is 1. The van der Waals surface area contributed by atoms with Gasteiger partial charge in [0.1, 0.15) is 0 Å². The first kappa shape index (κ1) is 24.3. The summed E-state index contributed by atoms with van der Waals surface area (Å²) in [5.41, 5.74) is 0. The number of unbranched alkanes of at least 4 members (excludes halogenated alkanes) is 3. The summed E-state index contributed by atoms with van der Waals surface area (Å²) in [5.74, 6) is 1.06. The van der Waals surface area contributed by atoms with E-state index in [2.05, 4.69) is 19.9 Å². The van der Waals surface area contributed by atoms with Crippen molar-refractivity contribution in [3.05, 3.63) is 24.2 Å². The number of nitrogens with one attached hydrogen (secondary N) is 1. The molecule has 1 amide bonds. The maximum absolute atomic E-state index is 12.3. The number of furan rings is 1. The largest absolute Gasteiger partial charge is 0.469 e. The third kappa shape index (κ3) is 7.69. The molecule has 2 rings (SSSR count). The van der Waals surface area contributed by atoms with Gasteiger partial charge in [-0.2, -0.15) is 0 Å². The first-order valence-electron chi connectivity index (χ1n) is 9.51. The van der Waals surface area contributed by atoms with Crippen LogP contribution in [-0.4, -0.2) is 74.5 Å². The Morgan fingerprint density at radius 3 is 2.43 bits per heavy atom. The Morgan fingerprint density at radius 2 is 1.82 bits per heavy atom. The summed E-state index contributed by atoms with van der Waals surface area (Å²) in [6.45, 7) is 3.62. The second kappa shape index (κ2) is 13.4. The number of halogens is 1. The molecule has 1 aromatic rings. The van der Waals surface area contributed by atoms with Crippen LogP contribution in [0.3, 0.4) is 0 Å². The summed E-state index contributed by atoms with van der Waals surface area (Å²) in [4.78, 5) is 31.7. The van der Waals surface area contributed by atoms with Crippen molar-refractivity contribution in [3.63, 3.8) is 0 Å². The predicted molar refractivity (Wildman–Crippen MR) is 118 cm³/mol. The topological polar surface area (TPSA) is 87.4 Å². The van der Waals surface area contributed by atoms with Crippen LogP contribution in [0.25, 0.3) is 0 Å². The highest BCUT2D eigenvalue weighted by Crippen LogP contribution is 2.10. The van der Waals surface area contributed by atoms with Crippen LogP contribution in [0, 0.1) is 0 Å². The molecule has 0 bridgehead atoms. The zero-order valence-electron chi connectivity index (χ0n) is 16.7. The zero-order chi connectivity index (χ0) is 19.5. The van der Waals surface area contributed by atoms with Crippen molar-refractivity contribution < 1.29 is 18.7 Å². The Labute approximate surface area is 183 Å². The van der Waals surface area contributed by atoms with Crippen LogP contribution in [0.1, 0.15) is 42.7 Å². The van der Waals surface area contributed by atoms with Crippen LogP contribution in [0.2, 0.25) is 0 Å². The standard InChI is InChI=1S/C19H30N4O4.HI/c1-20-19(21-10-6-4-3-5-9-17(24)26-2)23-13-11-22(12-14-23)18(25)16-8-7-15-27-16;/h7-8,15H,3-6,9-14H2,1-2H3,(H,20,21);1H. The summed E-state index contributed by atoms with van der Waals surface area (Å²) in [6.07, 6.45) is 5.98. The number of hydrogen-bond acceptors (Lipinski definition) is 5. The fourth-order valence-corrected chi connectivity index (χ4v) is 3.06. The average molecular weight is 506 g/mol. The minimum absolute atomic E-state index is 0. The van der Waals surface area contributed by atoms with Gasteiger partial charge in [0.05, 0.1) is 13.4 Å². The van der Waals surface area contributed by atoms with Gasteiger partial charge in [0.25, 0.3) is 5.91 Å². The number of guanidine groups is 1. The van der Waals surface area contributed by atoms with E-state index in [1.807, 2.05) is 4.90 Å². The van der Waals surface area contributed by atoms with Gasteiger partial charge in [0.15, 0.2) is 11.7 Å². The van der Waals surface area contributed by atoms with Gasteiger partial charge >= 0.3 is 5.97 Å². The van der Waals surface area contributed by atoms with Gasteiger partial charge in [-0.05, 0) is 25.0 Å². The minimum Gasteiger partial charge on any atom is -0.469 e. The van der Waals surface area contributed by atoms with Crippen LogP contribution >= 0.6 is 24.0 Å². The second-order valence-corrected chi connectivity index (χ2v) is 6.47. The summed E-state index contributed by atoms with van der Waals surface area (Å²) in [7, 11) is 3.20. The lowest BCUT2D eigenvalue weighted by atomic mass is 10.1. The minimum atomic E-state index is -0.141. The number of rotatable bonds is 8. The lowest BCUT2D eigenvalue weighted by Gasteiger charge is -2.36. The van der Waals surface area contributed by atoms with Crippen molar-refractivity contribution in [1.82, 2.24) is 15.1 Å². The molecule has 8 nitrogen and oxygen atoms in total. The van der Waals surface area contributed by atoms with Gasteiger partial charge in [-0.3, -0.25) is 14.6 Å². The van der Waals surface area contributed by atoms with Crippen molar-refractivity contribution >= 4 is 41.8 Å². The van der Waals surface area contributed by atoms with Crippen LogP contribution in [0.4, 0.5) is 0 Å². The molecule has 0 saturated carbocycles. The highest BCUT2D eigenvalue weighted by molar-refractivity contribution is 14.0. The summed E-state index contributed by atoms with van der Waals surface area (Å²) >= 11 is 0. The van der Waals surface area contributed by atoms with E-state index in [-0.39, 0.29) is 35.9 Å². The maximum atomic E-state index is 12.3. The van der Waals surface area contributed by atoms with E-state index in [0.717, 1.165) is 51.3 Å². The molecule has 1 N–H and O–H groups in total. The molecule has 1 aromatic heterocycles. The number of nitrogens with zero attached hydrogens (tertiary/aromatic N) is 3. The highest BCUT2D eigenvalue weighted by Gasteiger charge is 2.24. The van der Waals surface area contributed by atoms with Crippen molar-refractivity contribution in [2.45, 2.75) is 32.1 Å². The number of piperazine rings is 1. The molecule has 1 aliphatic rings. The number of carbonyl (C=O) groups excluding carboxylic acids is 2. The number of methoxy groups -OCH3 is 1. The number of esters is 1. The van der Waals surface area contributed by atoms with Crippen LogP contribution < -0.4 is 5.32 Å². The third-order valence-electron chi connectivity index (χ3n) is 4.63. The number of hydrogen-bond donors (Lipinski definition) is 1. The van der Waals surface area contributed by atoms with E-state index in [4.69, 9.17) is 4.42 Å². The highest BCUT2D eigenvalue weighted by atomic mass is 127. The number of ether oxygens (including phenoxy) is 1. The van der Waals surface area contributed by atoms with Gasteiger partial charge in [-0.15, -0.1) is 24.0 Å². The van der Waals surface area contributed by atoms with Gasteiger partial charge in [-0.1, -0.05) is 12.8 Å². The summed E-state index contributed by atoms with van der Waals surface area (Å²) < 4.78 is 9.82. The SMILES string of the molecule is CN=C(NCCCCCCC(=O)OC)N1CCN(C(=O)c2ccco2)CC1.I. The quantitative estimate of drug-likeness (QED) is 0.192. The first-order valence-corrected chi connectivity index (χ1v) is 9.51. The van der Waals surface area contributed by atoms with E-state index in [0.29, 0.717) is 25.3 Å². The Hall–Kier alpha value is -1.78. The molecule has 28 heavy (non-hydrogen) atoms. The van der Waals surface area contributed by atoms with Crippen LogP contribution in [0.5, 0.6) is 0 Å². The molecule has 0 unspecified atom stereocenters. The normalized spacial score (nSPS) is 14.4.